The molecule has 2 rings (SSSR count). The Hall–Kier alpha value is -0.410. The van der Waals surface area contributed by atoms with Gasteiger partial charge in [-0.1, -0.05) is 20.8 Å². The topological polar surface area (TPSA) is 24.9 Å². The van der Waals surface area contributed by atoms with Gasteiger partial charge in [-0.15, -0.1) is 11.3 Å². The summed E-state index contributed by atoms with van der Waals surface area (Å²) >= 11 is 1.90. The van der Waals surface area contributed by atoms with E-state index in [0.717, 1.165) is 18.3 Å². The Balaban J connectivity index is 2.36. The molecule has 18 heavy (non-hydrogen) atoms. The van der Waals surface area contributed by atoms with Gasteiger partial charge in [0.25, 0.3) is 0 Å². The van der Waals surface area contributed by atoms with E-state index in [-0.39, 0.29) is 5.54 Å². The molecule has 3 heteroatoms. The van der Waals surface area contributed by atoms with Crippen LogP contribution in [-0.4, -0.2) is 12.0 Å². The zero-order valence-corrected chi connectivity index (χ0v) is 13.2. The molecule has 1 fully saturated rings. The van der Waals surface area contributed by atoms with Crippen LogP contribution in [-0.2, 0) is 12.0 Å². The molecule has 0 amide bonds. The molecule has 0 aromatic carbocycles. The number of aryl methyl sites for hydroxylation is 2. The second-order valence-electron chi connectivity index (χ2n) is 6.06. The first-order valence-corrected chi connectivity index (χ1v) is 7.98. The maximum Gasteiger partial charge on any atom is 0.113 e. The average molecular weight is 266 g/mol. The molecule has 0 saturated heterocycles. The number of nitrogens with zero attached hydrogens (tertiary/aromatic N) is 1. The molecule has 1 aromatic rings. The molecule has 102 valence electrons. The summed E-state index contributed by atoms with van der Waals surface area (Å²) in [6, 6.07) is 0. The van der Waals surface area contributed by atoms with Crippen molar-refractivity contribution < 1.29 is 0 Å². The molecule has 2 nitrogen and oxygen atoms in total. The predicted octanol–water partition coefficient (Wildman–Crippen LogP) is 3.88. The van der Waals surface area contributed by atoms with Crippen LogP contribution >= 0.6 is 11.3 Å². The highest BCUT2D eigenvalue weighted by Crippen LogP contribution is 2.44. The van der Waals surface area contributed by atoms with E-state index in [1.54, 1.807) is 0 Å². The van der Waals surface area contributed by atoms with Crippen molar-refractivity contribution in [1.29, 1.82) is 0 Å². The van der Waals surface area contributed by atoms with Gasteiger partial charge in [0.05, 0.1) is 11.2 Å². The van der Waals surface area contributed by atoms with Crippen molar-refractivity contribution in [3.8, 4) is 0 Å². The molecule has 1 heterocycles. The van der Waals surface area contributed by atoms with E-state index in [1.165, 1.54) is 34.8 Å². The van der Waals surface area contributed by atoms with Crippen molar-refractivity contribution in [2.45, 2.75) is 58.9 Å². The van der Waals surface area contributed by atoms with Crippen molar-refractivity contribution in [2.24, 2.45) is 11.8 Å². The summed E-state index contributed by atoms with van der Waals surface area (Å²) in [7, 11) is 2.10. The van der Waals surface area contributed by atoms with Crippen LogP contribution in [0.25, 0.3) is 0 Å². The van der Waals surface area contributed by atoms with Crippen LogP contribution in [0.4, 0.5) is 0 Å². The standard InChI is InChI=1S/C15H26N2S/c1-6-13-12(4)18-14(17-13)15(16-5)8-10(2)7-11(3)9-15/h10-11,16H,6-9H2,1-5H3. The Morgan fingerprint density at radius 2 is 1.94 bits per heavy atom. The summed E-state index contributed by atoms with van der Waals surface area (Å²) in [5.74, 6) is 1.57. The molecule has 1 N–H and O–H groups in total. The van der Waals surface area contributed by atoms with Crippen LogP contribution in [0.1, 0.15) is 55.6 Å². The summed E-state index contributed by atoms with van der Waals surface area (Å²) in [5, 5.41) is 4.92. The summed E-state index contributed by atoms with van der Waals surface area (Å²) in [5.41, 5.74) is 1.41. The highest BCUT2D eigenvalue weighted by molar-refractivity contribution is 7.11. The van der Waals surface area contributed by atoms with Gasteiger partial charge >= 0.3 is 0 Å². The molecule has 2 atom stereocenters. The molecule has 0 radical (unpaired) electrons. The smallest absolute Gasteiger partial charge is 0.113 e. The summed E-state index contributed by atoms with van der Waals surface area (Å²) in [6.45, 7) is 9.16. The Morgan fingerprint density at radius 1 is 1.33 bits per heavy atom. The fourth-order valence-electron chi connectivity index (χ4n) is 3.57. The Labute approximate surface area is 115 Å². The number of hydrogen-bond acceptors (Lipinski definition) is 3. The van der Waals surface area contributed by atoms with Crippen LogP contribution in [0.15, 0.2) is 0 Å². The van der Waals surface area contributed by atoms with Crippen molar-refractivity contribution in [1.82, 2.24) is 10.3 Å². The Kier molecular flexibility index (Phi) is 4.12. The predicted molar refractivity (Wildman–Crippen MR) is 79.1 cm³/mol. The molecular weight excluding hydrogens is 240 g/mol. The number of thiazole rings is 1. The lowest BCUT2D eigenvalue weighted by Gasteiger charge is -2.41. The van der Waals surface area contributed by atoms with E-state index in [0.29, 0.717) is 0 Å². The van der Waals surface area contributed by atoms with Crippen LogP contribution in [0, 0.1) is 18.8 Å². The van der Waals surface area contributed by atoms with E-state index in [4.69, 9.17) is 4.98 Å². The third kappa shape index (κ3) is 2.48. The zero-order valence-electron chi connectivity index (χ0n) is 12.3. The van der Waals surface area contributed by atoms with E-state index < -0.39 is 0 Å². The lowest BCUT2D eigenvalue weighted by atomic mass is 9.72. The molecule has 0 aliphatic heterocycles. The van der Waals surface area contributed by atoms with E-state index in [9.17, 15) is 0 Å². The third-order valence-electron chi connectivity index (χ3n) is 4.31. The molecule has 1 saturated carbocycles. The number of hydrogen-bond donors (Lipinski definition) is 1. The van der Waals surface area contributed by atoms with Gasteiger partial charge in [-0.05, 0) is 51.5 Å². The maximum absolute atomic E-state index is 4.92. The van der Waals surface area contributed by atoms with Gasteiger partial charge in [0.15, 0.2) is 0 Å². The quantitative estimate of drug-likeness (QED) is 0.898. The first kappa shape index (κ1) is 14.0. The van der Waals surface area contributed by atoms with Gasteiger partial charge in [0.2, 0.25) is 0 Å². The van der Waals surface area contributed by atoms with Crippen molar-refractivity contribution >= 4 is 11.3 Å². The first-order valence-electron chi connectivity index (χ1n) is 7.16. The van der Waals surface area contributed by atoms with Gasteiger partial charge in [-0.25, -0.2) is 4.98 Å². The highest BCUT2D eigenvalue weighted by Gasteiger charge is 2.40. The van der Waals surface area contributed by atoms with Gasteiger partial charge in [0.1, 0.15) is 5.01 Å². The second-order valence-corrected chi connectivity index (χ2v) is 7.27. The molecular formula is C15H26N2S. The van der Waals surface area contributed by atoms with Crippen LogP contribution in [0.3, 0.4) is 0 Å². The van der Waals surface area contributed by atoms with Gasteiger partial charge in [0, 0.05) is 4.88 Å². The minimum atomic E-state index is 0.125. The molecule has 1 aliphatic rings. The minimum absolute atomic E-state index is 0.125. The fourth-order valence-corrected chi connectivity index (χ4v) is 4.79. The lowest BCUT2D eigenvalue weighted by molar-refractivity contribution is 0.152. The minimum Gasteiger partial charge on any atom is -0.308 e. The third-order valence-corrected chi connectivity index (χ3v) is 5.53. The zero-order chi connectivity index (χ0) is 13.3. The Morgan fingerprint density at radius 3 is 2.39 bits per heavy atom. The van der Waals surface area contributed by atoms with Gasteiger partial charge in [-0.2, -0.15) is 0 Å². The van der Waals surface area contributed by atoms with Crippen LogP contribution < -0.4 is 5.32 Å². The van der Waals surface area contributed by atoms with Crippen molar-refractivity contribution in [3.05, 3.63) is 15.6 Å². The maximum atomic E-state index is 4.92. The molecule has 0 spiro atoms. The van der Waals surface area contributed by atoms with Crippen LogP contribution in [0.2, 0.25) is 0 Å². The largest absolute Gasteiger partial charge is 0.308 e. The van der Waals surface area contributed by atoms with Crippen molar-refractivity contribution in [3.63, 3.8) is 0 Å². The molecule has 1 aromatic heterocycles. The second kappa shape index (κ2) is 5.30. The monoisotopic (exact) mass is 266 g/mol. The van der Waals surface area contributed by atoms with E-state index in [1.807, 2.05) is 11.3 Å². The van der Waals surface area contributed by atoms with Crippen molar-refractivity contribution in [2.75, 3.05) is 7.05 Å². The number of nitrogens with one attached hydrogen (secondary N) is 1. The average Bonchev–Trinajstić information content (AvgIpc) is 2.69. The normalized spacial score (nSPS) is 32.7. The first-order chi connectivity index (χ1) is 8.50. The SMILES string of the molecule is CCc1nc(C2(NC)CC(C)CC(C)C2)sc1C. The van der Waals surface area contributed by atoms with Gasteiger partial charge in [-0.3, -0.25) is 0 Å². The number of rotatable bonds is 3. The van der Waals surface area contributed by atoms with Gasteiger partial charge < -0.3 is 5.32 Å². The summed E-state index contributed by atoms with van der Waals surface area (Å²) in [6.07, 6.45) is 4.86. The van der Waals surface area contributed by atoms with E-state index >= 15 is 0 Å². The molecule has 2 unspecified atom stereocenters. The molecule has 1 aliphatic carbocycles. The fraction of sp³-hybridized carbons (Fsp3) is 0.800. The van der Waals surface area contributed by atoms with Crippen LogP contribution in [0.5, 0.6) is 0 Å². The molecule has 0 bridgehead atoms. The lowest BCUT2D eigenvalue weighted by Crippen LogP contribution is -2.45. The van der Waals surface area contributed by atoms with E-state index in [2.05, 4.69) is 40.1 Å². The Bertz CT molecular complexity index is 401. The number of aromatic nitrogens is 1. The summed E-state index contributed by atoms with van der Waals surface area (Å²) in [4.78, 5) is 6.32. The summed E-state index contributed by atoms with van der Waals surface area (Å²) < 4.78 is 0. The highest BCUT2D eigenvalue weighted by atomic mass is 32.1.